The van der Waals surface area contributed by atoms with Gasteiger partial charge in [-0.25, -0.2) is 14.8 Å². The van der Waals surface area contributed by atoms with Crippen LogP contribution in [0.2, 0.25) is 5.02 Å². The first kappa shape index (κ1) is 28.6. The average Bonchev–Trinajstić information content (AvgIpc) is 3.56. The standard InChI is InChI=1S/C30H26ClN5O3S2/c1-36-26(30(38)39-2)25(33)24-23(18-7-5-17(6-8-18)4-3-13-37)22(14-32)29(35-27(24)36)41-16-21-15-40-28(34-21)19-9-11-20(31)12-10-19/h5-12,15,37H,3-4,13,16,33H2,1-2H3. The lowest BCUT2D eigenvalue weighted by atomic mass is 9.96. The molecule has 0 bridgehead atoms. The Morgan fingerprint density at radius 1 is 1.17 bits per heavy atom. The van der Waals surface area contributed by atoms with Crippen molar-refractivity contribution in [3.8, 4) is 27.8 Å². The lowest BCUT2D eigenvalue weighted by Gasteiger charge is -2.12. The normalized spacial score (nSPS) is 11.1. The average molecular weight is 604 g/mol. The van der Waals surface area contributed by atoms with Crippen LogP contribution in [0.4, 0.5) is 5.69 Å². The Hall–Kier alpha value is -3.88. The highest BCUT2D eigenvalue weighted by Crippen LogP contribution is 2.42. The van der Waals surface area contributed by atoms with Gasteiger partial charge in [-0.05, 0) is 36.1 Å². The molecule has 3 aromatic heterocycles. The summed E-state index contributed by atoms with van der Waals surface area (Å²) in [6, 6.07) is 17.7. The number of nitriles is 1. The molecule has 0 radical (unpaired) electrons. The Kier molecular flexibility index (Phi) is 8.61. The summed E-state index contributed by atoms with van der Waals surface area (Å²) in [4.78, 5) is 22.2. The van der Waals surface area contributed by atoms with E-state index >= 15 is 0 Å². The molecule has 11 heteroatoms. The fourth-order valence-electron chi connectivity index (χ4n) is 4.66. The van der Waals surface area contributed by atoms with Gasteiger partial charge in [0.2, 0.25) is 0 Å². The molecular weight excluding hydrogens is 578 g/mol. The minimum atomic E-state index is -0.585. The van der Waals surface area contributed by atoms with Crippen LogP contribution in [-0.4, -0.2) is 39.3 Å². The number of anilines is 1. The topological polar surface area (TPSA) is 127 Å². The number of halogens is 1. The van der Waals surface area contributed by atoms with E-state index in [1.54, 1.807) is 11.6 Å². The molecule has 3 N–H and O–H groups in total. The van der Waals surface area contributed by atoms with Crippen LogP contribution in [0.15, 0.2) is 58.9 Å². The lowest BCUT2D eigenvalue weighted by Crippen LogP contribution is -2.10. The highest BCUT2D eigenvalue weighted by molar-refractivity contribution is 7.98. The van der Waals surface area contributed by atoms with Gasteiger partial charge in [0.05, 0.1) is 29.4 Å². The van der Waals surface area contributed by atoms with Crippen LogP contribution >= 0.6 is 34.7 Å². The minimum Gasteiger partial charge on any atom is -0.464 e. The molecular formula is C30H26ClN5O3S2. The van der Waals surface area contributed by atoms with E-state index in [9.17, 15) is 15.2 Å². The van der Waals surface area contributed by atoms with Gasteiger partial charge < -0.3 is 20.1 Å². The summed E-state index contributed by atoms with van der Waals surface area (Å²) in [5, 5.41) is 24.2. The number of pyridine rings is 1. The minimum absolute atomic E-state index is 0.114. The number of nitrogens with zero attached hydrogens (tertiary/aromatic N) is 4. The number of carbonyl (C=O) groups is 1. The van der Waals surface area contributed by atoms with Crippen LogP contribution in [-0.2, 0) is 24.0 Å². The van der Waals surface area contributed by atoms with Crippen molar-refractivity contribution in [1.29, 1.82) is 5.26 Å². The Morgan fingerprint density at radius 3 is 2.54 bits per heavy atom. The van der Waals surface area contributed by atoms with Crippen molar-refractivity contribution in [2.24, 2.45) is 7.05 Å². The summed E-state index contributed by atoms with van der Waals surface area (Å²) >= 11 is 8.97. The second-order valence-electron chi connectivity index (χ2n) is 9.25. The van der Waals surface area contributed by atoms with Crippen LogP contribution in [0.3, 0.4) is 0 Å². The van der Waals surface area contributed by atoms with E-state index in [0.717, 1.165) is 33.8 Å². The number of thiazole rings is 1. The number of nitrogen functional groups attached to an aromatic ring is 1. The van der Waals surface area contributed by atoms with Crippen LogP contribution < -0.4 is 5.73 Å². The molecule has 0 saturated carbocycles. The molecule has 2 aromatic carbocycles. The molecule has 0 aliphatic carbocycles. The number of aliphatic hydroxyl groups excluding tert-OH is 1. The van der Waals surface area contributed by atoms with E-state index in [1.807, 2.05) is 53.9 Å². The molecule has 0 aliphatic heterocycles. The van der Waals surface area contributed by atoms with E-state index in [2.05, 4.69) is 6.07 Å². The molecule has 8 nitrogen and oxygen atoms in total. The Morgan fingerprint density at radius 2 is 1.88 bits per heavy atom. The molecule has 0 saturated heterocycles. The number of ether oxygens (including phenoxy) is 1. The van der Waals surface area contributed by atoms with E-state index in [1.165, 1.54) is 30.2 Å². The molecule has 5 aromatic rings. The Balaban J connectivity index is 1.59. The third kappa shape index (κ3) is 5.67. The van der Waals surface area contributed by atoms with Gasteiger partial charge in [0.15, 0.2) is 5.69 Å². The smallest absolute Gasteiger partial charge is 0.356 e. The third-order valence-corrected chi connectivity index (χ3v) is 8.88. The summed E-state index contributed by atoms with van der Waals surface area (Å²) in [7, 11) is 3.01. The van der Waals surface area contributed by atoms with Crippen molar-refractivity contribution in [1.82, 2.24) is 14.5 Å². The van der Waals surface area contributed by atoms with Gasteiger partial charge in [0.1, 0.15) is 21.7 Å². The number of benzene rings is 2. The maximum atomic E-state index is 12.6. The van der Waals surface area contributed by atoms with Gasteiger partial charge in [0.25, 0.3) is 0 Å². The summed E-state index contributed by atoms with van der Waals surface area (Å²) in [6.45, 7) is 0.114. The maximum absolute atomic E-state index is 12.6. The summed E-state index contributed by atoms with van der Waals surface area (Å²) in [5.74, 6) is -0.0983. The summed E-state index contributed by atoms with van der Waals surface area (Å²) in [6.07, 6.45) is 1.40. The number of rotatable bonds is 9. The molecule has 0 fully saturated rings. The van der Waals surface area contributed by atoms with Gasteiger partial charge in [-0.1, -0.05) is 59.8 Å². The number of hydrogen-bond donors (Lipinski definition) is 2. The summed E-state index contributed by atoms with van der Waals surface area (Å²) in [5.41, 5.74) is 12.0. The number of hydrogen-bond acceptors (Lipinski definition) is 9. The first-order chi connectivity index (χ1) is 19.9. The second-order valence-corrected chi connectivity index (χ2v) is 11.5. The van der Waals surface area contributed by atoms with Gasteiger partial charge in [-0.15, -0.1) is 11.3 Å². The van der Waals surface area contributed by atoms with Crippen LogP contribution in [0.5, 0.6) is 0 Å². The van der Waals surface area contributed by atoms with Crippen molar-refractivity contribution >= 4 is 57.4 Å². The van der Waals surface area contributed by atoms with Crippen molar-refractivity contribution in [2.45, 2.75) is 23.6 Å². The molecule has 0 aliphatic rings. The zero-order chi connectivity index (χ0) is 29.1. The molecule has 0 unspecified atom stereocenters. The van der Waals surface area contributed by atoms with Crippen LogP contribution in [0.1, 0.15) is 33.7 Å². The number of methoxy groups -OCH3 is 1. The van der Waals surface area contributed by atoms with Crippen LogP contribution in [0, 0.1) is 11.3 Å². The molecule has 0 spiro atoms. The third-order valence-electron chi connectivity index (χ3n) is 6.68. The fourth-order valence-corrected chi connectivity index (χ4v) is 6.59. The number of aliphatic hydroxyl groups is 1. The number of fused-ring (bicyclic) bond motifs is 1. The first-order valence-corrected chi connectivity index (χ1v) is 14.9. The SMILES string of the molecule is COC(=O)c1c(N)c2c(-c3ccc(CCCO)cc3)c(C#N)c(SCc3csc(-c4ccc(Cl)cc4)n3)nc2n1C. The van der Waals surface area contributed by atoms with Gasteiger partial charge in [-0.3, -0.25) is 0 Å². The largest absolute Gasteiger partial charge is 0.464 e. The predicted molar refractivity (Wildman–Crippen MR) is 164 cm³/mol. The monoisotopic (exact) mass is 603 g/mol. The highest BCUT2D eigenvalue weighted by Gasteiger charge is 2.27. The maximum Gasteiger partial charge on any atom is 0.356 e. The Bertz CT molecular complexity index is 1770. The van der Waals surface area contributed by atoms with E-state index in [4.69, 9.17) is 32.0 Å². The van der Waals surface area contributed by atoms with Crippen molar-refractivity contribution in [2.75, 3.05) is 19.5 Å². The molecule has 0 atom stereocenters. The molecule has 5 rings (SSSR count). The second kappa shape index (κ2) is 12.3. The molecule has 41 heavy (non-hydrogen) atoms. The number of esters is 1. The number of thioether (sulfide) groups is 1. The van der Waals surface area contributed by atoms with E-state index < -0.39 is 5.97 Å². The van der Waals surface area contributed by atoms with Gasteiger partial charge in [-0.2, -0.15) is 5.26 Å². The van der Waals surface area contributed by atoms with Crippen LogP contribution in [0.25, 0.3) is 32.7 Å². The zero-order valence-electron chi connectivity index (χ0n) is 22.3. The number of aromatic nitrogens is 3. The first-order valence-electron chi connectivity index (χ1n) is 12.7. The molecule has 208 valence electrons. The quantitative estimate of drug-likeness (QED) is 0.145. The summed E-state index contributed by atoms with van der Waals surface area (Å²) < 4.78 is 6.60. The van der Waals surface area contributed by atoms with E-state index in [0.29, 0.717) is 44.4 Å². The zero-order valence-corrected chi connectivity index (χ0v) is 24.7. The van der Waals surface area contributed by atoms with Crippen molar-refractivity contribution in [3.05, 3.63) is 81.4 Å². The number of carbonyl (C=O) groups excluding carboxylic acids is 1. The number of aryl methyl sites for hydroxylation is 2. The van der Waals surface area contributed by atoms with Gasteiger partial charge in [0, 0.05) is 40.9 Å². The Labute approximate surface area is 250 Å². The highest BCUT2D eigenvalue weighted by atomic mass is 35.5. The number of nitrogens with two attached hydrogens (primary N) is 1. The molecule has 3 heterocycles. The fraction of sp³-hybridized carbons (Fsp3) is 0.200. The molecule has 0 amide bonds. The predicted octanol–water partition coefficient (Wildman–Crippen LogP) is 6.47. The lowest BCUT2D eigenvalue weighted by molar-refractivity contribution is 0.0591. The van der Waals surface area contributed by atoms with E-state index in [-0.39, 0.29) is 18.0 Å². The van der Waals surface area contributed by atoms with Crippen molar-refractivity contribution in [3.63, 3.8) is 0 Å². The van der Waals surface area contributed by atoms with Gasteiger partial charge >= 0.3 is 5.97 Å². The van der Waals surface area contributed by atoms with Crippen molar-refractivity contribution < 1.29 is 14.6 Å².